The van der Waals surface area contributed by atoms with Gasteiger partial charge >= 0.3 is 39.5 Å². The standard InChI is InChI=1S/C66H124O17P2/c1-8-10-11-12-13-14-15-16-17-18-19-20-25-35-42-49-65(70)82-61(54-77-64(69)48-41-34-28-26-30-37-44-57(3)4)55-80-84(72,73)78-51-60(67)52-79-85(74,75)81-56-62(83-66(71)50-43-36-29-27-31-38-45-58(5)6)53-76-63(68)47-40-33-24-22-21-23-32-39-46-59(7)9-2/h14-17,57-62,67H,8-13,18-56H2,1-7H3,(H,72,73)(H,74,75)/b15-14-,17-16-/t59?,60-,61+,62+/m0/s1. The molecule has 3 N–H and O–H groups in total. The quantitative estimate of drug-likeness (QED) is 0.0169. The number of aliphatic hydroxyl groups excluding tert-OH is 1. The molecule has 0 bridgehead atoms. The van der Waals surface area contributed by atoms with Gasteiger partial charge in [-0.3, -0.25) is 37.3 Å². The third kappa shape index (κ3) is 59.0. The molecule has 0 rings (SSSR count). The van der Waals surface area contributed by atoms with Crippen LogP contribution in [0.3, 0.4) is 0 Å². The van der Waals surface area contributed by atoms with Gasteiger partial charge < -0.3 is 33.8 Å². The minimum absolute atomic E-state index is 0.0832. The largest absolute Gasteiger partial charge is 0.472 e. The molecule has 0 heterocycles. The number of allylic oxidation sites excluding steroid dienone is 4. The molecule has 500 valence electrons. The van der Waals surface area contributed by atoms with Gasteiger partial charge in [-0.2, -0.15) is 0 Å². The van der Waals surface area contributed by atoms with Crippen LogP contribution in [0.15, 0.2) is 24.3 Å². The normalized spacial score (nSPS) is 14.8. The van der Waals surface area contributed by atoms with Gasteiger partial charge in [-0.25, -0.2) is 9.13 Å². The van der Waals surface area contributed by atoms with Crippen molar-refractivity contribution < 1.29 is 80.2 Å². The number of rotatable bonds is 62. The molecule has 6 atom stereocenters. The molecule has 85 heavy (non-hydrogen) atoms. The van der Waals surface area contributed by atoms with Gasteiger partial charge in [0, 0.05) is 25.7 Å². The van der Waals surface area contributed by atoms with Gasteiger partial charge in [0.25, 0.3) is 0 Å². The maximum absolute atomic E-state index is 13.0. The van der Waals surface area contributed by atoms with Gasteiger partial charge in [0.1, 0.15) is 19.3 Å². The van der Waals surface area contributed by atoms with E-state index >= 15 is 0 Å². The summed E-state index contributed by atoms with van der Waals surface area (Å²) in [5, 5.41) is 10.5. The van der Waals surface area contributed by atoms with Crippen molar-refractivity contribution in [2.45, 2.75) is 317 Å². The monoisotopic (exact) mass is 1250 g/mol. The summed E-state index contributed by atoms with van der Waals surface area (Å²) in [6, 6.07) is 0. The molecule has 17 nitrogen and oxygen atoms in total. The van der Waals surface area contributed by atoms with Crippen molar-refractivity contribution in [3.63, 3.8) is 0 Å². The molecule has 0 aromatic carbocycles. The molecule has 0 saturated heterocycles. The second kappa shape index (κ2) is 56.8. The highest BCUT2D eigenvalue weighted by Crippen LogP contribution is 2.45. The highest BCUT2D eigenvalue weighted by molar-refractivity contribution is 7.47. The lowest BCUT2D eigenvalue weighted by Crippen LogP contribution is -2.30. The van der Waals surface area contributed by atoms with Crippen LogP contribution in [-0.4, -0.2) is 96.7 Å². The summed E-state index contributed by atoms with van der Waals surface area (Å²) in [5.74, 6) is -0.0507. The molecular formula is C66H124O17P2. The number of carbonyl (C=O) groups excluding carboxylic acids is 4. The van der Waals surface area contributed by atoms with E-state index in [1.807, 2.05) is 0 Å². The first-order valence-electron chi connectivity index (χ1n) is 33.7. The smallest absolute Gasteiger partial charge is 0.462 e. The SMILES string of the molecule is CCCCCC/C=C\C=C/CCCCCCCC(=O)O[C@H](COC(=O)CCCCCCCCC(C)C)COP(=O)(O)OC[C@H](O)COP(=O)(O)OC[C@@H](COC(=O)CCCCCCCCCCC(C)CC)OC(=O)CCCCCCCCC(C)C. The predicted octanol–water partition coefficient (Wildman–Crippen LogP) is 17.8. The summed E-state index contributed by atoms with van der Waals surface area (Å²) in [6.45, 7) is 11.6. The van der Waals surface area contributed by atoms with Crippen LogP contribution in [-0.2, 0) is 65.4 Å². The number of unbranched alkanes of at least 4 members (excludes halogenated alkanes) is 26. The third-order valence-electron chi connectivity index (χ3n) is 14.9. The van der Waals surface area contributed by atoms with Crippen molar-refractivity contribution in [2.24, 2.45) is 17.8 Å². The van der Waals surface area contributed by atoms with Crippen molar-refractivity contribution >= 4 is 39.5 Å². The number of phosphoric ester groups is 2. The Balaban J connectivity index is 5.26. The molecule has 0 fully saturated rings. The maximum Gasteiger partial charge on any atom is 0.472 e. The zero-order valence-electron chi connectivity index (χ0n) is 54.5. The van der Waals surface area contributed by atoms with E-state index in [0.29, 0.717) is 37.5 Å². The first-order valence-corrected chi connectivity index (χ1v) is 36.7. The summed E-state index contributed by atoms with van der Waals surface area (Å²) in [7, 11) is -9.90. The second-order valence-electron chi connectivity index (χ2n) is 24.4. The number of hydrogen-bond acceptors (Lipinski definition) is 15. The van der Waals surface area contributed by atoms with E-state index in [1.165, 1.54) is 89.9 Å². The van der Waals surface area contributed by atoms with Crippen LogP contribution in [0.5, 0.6) is 0 Å². The lowest BCUT2D eigenvalue weighted by atomic mass is 9.99. The van der Waals surface area contributed by atoms with Gasteiger partial charge in [0.05, 0.1) is 26.4 Å². The lowest BCUT2D eigenvalue weighted by molar-refractivity contribution is -0.161. The fourth-order valence-electron chi connectivity index (χ4n) is 9.26. The molecule has 0 aliphatic carbocycles. The van der Waals surface area contributed by atoms with Crippen LogP contribution in [0.4, 0.5) is 0 Å². The molecule has 0 aromatic heterocycles. The molecule has 0 aliphatic heterocycles. The second-order valence-corrected chi connectivity index (χ2v) is 27.3. The van der Waals surface area contributed by atoms with E-state index in [9.17, 15) is 43.2 Å². The minimum Gasteiger partial charge on any atom is -0.462 e. The number of hydrogen-bond donors (Lipinski definition) is 3. The lowest BCUT2D eigenvalue weighted by Gasteiger charge is -2.21. The number of carbonyl (C=O) groups is 4. The molecule has 19 heteroatoms. The van der Waals surface area contributed by atoms with E-state index in [4.69, 9.17) is 37.0 Å². The Labute approximate surface area is 516 Å². The van der Waals surface area contributed by atoms with E-state index in [2.05, 4.69) is 72.8 Å². The Morgan fingerprint density at radius 3 is 1.05 bits per heavy atom. The summed E-state index contributed by atoms with van der Waals surface area (Å²) < 4.78 is 68.0. The molecule has 0 spiro atoms. The topological polar surface area (TPSA) is 237 Å². The first kappa shape index (κ1) is 82.5. The fraction of sp³-hybridized carbons (Fsp3) is 0.879. The van der Waals surface area contributed by atoms with Crippen molar-refractivity contribution in [2.75, 3.05) is 39.6 Å². The molecule has 0 saturated carbocycles. The van der Waals surface area contributed by atoms with Crippen molar-refractivity contribution in [1.82, 2.24) is 0 Å². The highest BCUT2D eigenvalue weighted by Gasteiger charge is 2.30. The molecular weight excluding hydrogens is 1130 g/mol. The first-order chi connectivity index (χ1) is 40.8. The Hall–Kier alpha value is -2.46. The number of ether oxygens (including phenoxy) is 4. The van der Waals surface area contributed by atoms with Crippen molar-refractivity contribution in [1.29, 1.82) is 0 Å². The highest BCUT2D eigenvalue weighted by atomic mass is 31.2. The number of esters is 4. The van der Waals surface area contributed by atoms with Crippen LogP contribution in [0.1, 0.15) is 299 Å². The van der Waals surface area contributed by atoms with Gasteiger partial charge in [-0.1, -0.05) is 246 Å². The Bertz CT molecular complexity index is 1780. The number of aliphatic hydroxyl groups is 1. The van der Waals surface area contributed by atoms with Crippen LogP contribution < -0.4 is 0 Å². The van der Waals surface area contributed by atoms with Crippen LogP contribution >= 0.6 is 15.6 Å². The van der Waals surface area contributed by atoms with Gasteiger partial charge in [0.15, 0.2) is 12.2 Å². The summed E-state index contributed by atoms with van der Waals surface area (Å²) in [4.78, 5) is 72.2. The van der Waals surface area contributed by atoms with E-state index < -0.39 is 97.5 Å². The van der Waals surface area contributed by atoms with E-state index in [1.54, 1.807) is 0 Å². The Morgan fingerprint density at radius 2 is 0.694 bits per heavy atom. The molecule has 0 aliphatic rings. The van der Waals surface area contributed by atoms with Crippen molar-refractivity contribution in [3.05, 3.63) is 24.3 Å². The molecule has 0 amide bonds. The zero-order valence-corrected chi connectivity index (χ0v) is 56.3. The average Bonchev–Trinajstić information content (AvgIpc) is 3.64. The Kier molecular flexibility index (Phi) is 55.1. The number of phosphoric acid groups is 2. The average molecular weight is 1250 g/mol. The zero-order chi connectivity index (χ0) is 63.1. The third-order valence-corrected chi connectivity index (χ3v) is 16.8. The van der Waals surface area contributed by atoms with E-state index in [-0.39, 0.29) is 25.7 Å². The fourth-order valence-corrected chi connectivity index (χ4v) is 10.8. The maximum atomic E-state index is 13.0. The summed E-state index contributed by atoms with van der Waals surface area (Å²) in [5.41, 5.74) is 0. The van der Waals surface area contributed by atoms with Crippen LogP contribution in [0.2, 0.25) is 0 Å². The Morgan fingerprint density at radius 1 is 0.388 bits per heavy atom. The van der Waals surface area contributed by atoms with Gasteiger partial charge in [0.2, 0.25) is 0 Å². The summed E-state index contributed by atoms with van der Waals surface area (Å²) >= 11 is 0. The van der Waals surface area contributed by atoms with Crippen LogP contribution in [0, 0.1) is 17.8 Å². The minimum atomic E-state index is -4.95. The van der Waals surface area contributed by atoms with Crippen molar-refractivity contribution in [3.8, 4) is 0 Å². The van der Waals surface area contributed by atoms with Crippen LogP contribution in [0.25, 0.3) is 0 Å². The van der Waals surface area contributed by atoms with E-state index in [0.717, 1.165) is 115 Å². The molecule has 0 aromatic rings. The predicted molar refractivity (Wildman–Crippen MR) is 340 cm³/mol. The van der Waals surface area contributed by atoms with Gasteiger partial charge in [-0.15, -0.1) is 0 Å². The molecule has 0 radical (unpaired) electrons. The summed E-state index contributed by atoms with van der Waals surface area (Å²) in [6.07, 6.45) is 41.4. The van der Waals surface area contributed by atoms with Gasteiger partial charge in [-0.05, 0) is 69.1 Å². The molecule has 3 unspecified atom stereocenters.